The van der Waals surface area contributed by atoms with Gasteiger partial charge in [0.1, 0.15) is 18.1 Å². The van der Waals surface area contributed by atoms with Gasteiger partial charge in [0.05, 0.1) is 7.11 Å². The molecule has 20 heavy (non-hydrogen) atoms. The monoisotopic (exact) mass is 273 g/mol. The minimum absolute atomic E-state index is 0.402. The second kappa shape index (κ2) is 4.65. The fraction of sp³-hybridized carbons (Fsp3) is 0.167. The van der Waals surface area contributed by atoms with Crippen LogP contribution in [0.4, 0.5) is 4.79 Å². The van der Waals surface area contributed by atoms with E-state index in [1.807, 2.05) is 0 Å². The first-order valence-electron chi connectivity index (χ1n) is 5.85. The van der Waals surface area contributed by atoms with E-state index in [4.69, 9.17) is 4.74 Å². The van der Waals surface area contributed by atoms with E-state index < -0.39 is 18.0 Å². The number of carbonyl (C=O) groups is 2. The number of benzene rings is 1. The summed E-state index contributed by atoms with van der Waals surface area (Å²) in [6, 6.07) is 3.96. The van der Waals surface area contributed by atoms with Crippen LogP contribution in [0.3, 0.4) is 0 Å². The Bertz CT molecular complexity index is 668. The second-order valence-corrected chi connectivity index (χ2v) is 4.19. The highest BCUT2D eigenvalue weighted by atomic mass is 16.5. The molecule has 0 spiro atoms. The van der Waals surface area contributed by atoms with Crippen molar-refractivity contribution >= 4 is 11.9 Å². The molecule has 8 nitrogen and oxygen atoms in total. The van der Waals surface area contributed by atoms with Gasteiger partial charge in [-0.05, 0) is 6.07 Å². The topological polar surface area (TPSA) is 109 Å². The van der Waals surface area contributed by atoms with Crippen LogP contribution in [-0.4, -0.2) is 34.2 Å². The fourth-order valence-corrected chi connectivity index (χ4v) is 2.08. The van der Waals surface area contributed by atoms with E-state index in [9.17, 15) is 9.59 Å². The van der Waals surface area contributed by atoms with Crippen LogP contribution in [-0.2, 0) is 4.79 Å². The minimum Gasteiger partial charge on any atom is -0.496 e. The quantitative estimate of drug-likeness (QED) is 0.700. The summed E-state index contributed by atoms with van der Waals surface area (Å²) in [6.45, 7) is 0. The number of carbonyl (C=O) groups excluding carboxylic acids is 2. The van der Waals surface area contributed by atoms with Crippen LogP contribution >= 0.6 is 0 Å². The van der Waals surface area contributed by atoms with Crippen molar-refractivity contribution in [2.75, 3.05) is 7.11 Å². The Kier molecular flexibility index (Phi) is 2.82. The van der Waals surface area contributed by atoms with Crippen LogP contribution in [0, 0.1) is 0 Å². The third-order valence-electron chi connectivity index (χ3n) is 3.01. The zero-order valence-corrected chi connectivity index (χ0v) is 10.5. The number of aromatic amines is 1. The normalized spacial score (nSPS) is 17.8. The number of hydrogen-bond donors (Lipinski definition) is 3. The lowest BCUT2D eigenvalue weighted by Crippen LogP contribution is -2.22. The predicted octanol–water partition coefficient (Wildman–Crippen LogP) is 0.361. The number of nitrogens with zero attached hydrogens (tertiary/aromatic N) is 2. The third kappa shape index (κ3) is 1.96. The lowest BCUT2D eigenvalue weighted by Gasteiger charge is -2.13. The molecule has 1 aliphatic heterocycles. The molecule has 1 aliphatic rings. The van der Waals surface area contributed by atoms with Gasteiger partial charge in [0.15, 0.2) is 5.82 Å². The molecule has 3 rings (SSSR count). The van der Waals surface area contributed by atoms with Crippen LogP contribution in [0.5, 0.6) is 5.75 Å². The Hall–Kier alpha value is -2.90. The maximum absolute atomic E-state index is 11.7. The second-order valence-electron chi connectivity index (χ2n) is 4.19. The van der Waals surface area contributed by atoms with Crippen LogP contribution in [0.15, 0.2) is 24.5 Å². The molecule has 3 amide bonds. The number of ether oxygens (including phenoxy) is 1. The van der Waals surface area contributed by atoms with E-state index in [1.54, 1.807) is 18.2 Å². The molecule has 0 bridgehead atoms. The first-order chi connectivity index (χ1) is 9.69. The van der Waals surface area contributed by atoms with Gasteiger partial charge in [-0.15, -0.1) is 10.2 Å². The van der Waals surface area contributed by atoms with Gasteiger partial charge >= 0.3 is 6.03 Å². The standard InChI is InChI=1S/C12H11N5O3/c1-20-8-4-6(10-13-5-14-17-10)2-3-7(8)9-11(18)16-12(19)15-9/h2-5,9H,1H3,(H,13,14,17)(H2,15,16,18,19). The van der Waals surface area contributed by atoms with Crippen molar-refractivity contribution in [3.8, 4) is 17.1 Å². The Morgan fingerprint density at radius 1 is 1.30 bits per heavy atom. The molecular formula is C12H11N5O3. The lowest BCUT2D eigenvalue weighted by molar-refractivity contribution is -0.120. The van der Waals surface area contributed by atoms with E-state index >= 15 is 0 Å². The molecule has 1 saturated heterocycles. The Morgan fingerprint density at radius 3 is 2.75 bits per heavy atom. The summed E-state index contributed by atoms with van der Waals surface area (Å²) in [5, 5.41) is 12.3. The number of amides is 3. The summed E-state index contributed by atoms with van der Waals surface area (Å²) in [5.74, 6) is 0.678. The van der Waals surface area contributed by atoms with Gasteiger partial charge in [0.25, 0.3) is 5.91 Å². The molecule has 1 aromatic heterocycles. The lowest BCUT2D eigenvalue weighted by atomic mass is 10.0. The minimum atomic E-state index is -0.749. The maximum atomic E-state index is 11.7. The van der Waals surface area contributed by atoms with Crippen LogP contribution in [0.2, 0.25) is 0 Å². The summed E-state index contributed by atoms with van der Waals surface area (Å²) >= 11 is 0. The highest BCUT2D eigenvalue weighted by molar-refractivity contribution is 6.04. The predicted molar refractivity (Wildman–Crippen MR) is 67.8 cm³/mol. The van der Waals surface area contributed by atoms with E-state index in [1.165, 1.54) is 13.4 Å². The van der Waals surface area contributed by atoms with Gasteiger partial charge in [0, 0.05) is 11.1 Å². The summed E-state index contributed by atoms with van der Waals surface area (Å²) in [6.07, 6.45) is 1.47. The van der Waals surface area contributed by atoms with Gasteiger partial charge in [-0.2, -0.15) is 0 Å². The van der Waals surface area contributed by atoms with Gasteiger partial charge in [-0.1, -0.05) is 12.1 Å². The zero-order chi connectivity index (χ0) is 14.1. The molecule has 102 valence electrons. The van der Waals surface area contributed by atoms with Crippen molar-refractivity contribution in [2.45, 2.75) is 6.04 Å². The number of rotatable bonds is 3. The Labute approximate surface area is 113 Å². The number of methoxy groups -OCH3 is 1. The number of nitrogens with one attached hydrogen (secondary N) is 3. The molecule has 2 aromatic rings. The Balaban J connectivity index is 2.00. The molecule has 3 N–H and O–H groups in total. The maximum Gasteiger partial charge on any atom is 0.322 e. The number of urea groups is 1. The number of aromatic nitrogens is 3. The molecule has 8 heteroatoms. The van der Waals surface area contributed by atoms with Crippen molar-refractivity contribution in [1.82, 2.24) is 25.8 Å². The molecule has 0 saturated carbocycles. The summed E-state index contributed by atoms with van der Waals surface area (Å²) in [4.78, 5) is 25.8. The van der Waals surface area contributed by atoms with E-state index in [0.717, 1.165) is 5.56 Å². The molecule has 1 unspecified atom stereocenters. The Morgan fingerprint density at radius 2 is 2.15 bits per heavy atom. The smallest absolute Gasteiger partial charge is 0.322 e. The van der Waals surface area contributed by atoms with Crippen molar-refractivity contribution in [1.29, 1.82) is 0 Å². The zero-order valence-electron chi connectivity index (χ0n) is 10.5. The summed E-state index contributed by atoms with van der Waals surface area (Å²) < 4.78 is 5.29. The van der Waals surface area contributed by atoms with Crippen LogP contribution < -0.4 is 15.4 Å². The number of H-pyrrole nitrogens is 1. The molecule has 1 fully saturated rings. The largest absolute Gasteiger partial charge is 0.496 e. The van der Waals surface area contributed by atoms with Crippen molar-refractivity contribution in [2.24, 2.45) is 0 Å². The first-order valence-corrected chi connectivity index (χ1v) is 5.85. The fourth-order valence-electron chi connectivity index (χ4n) is 2.08. The summed E-state index contributed by atoms with van der Waals surface area (Å²) in [7, 11) is 1.50. The van der Waals surface area contributed by atoms with E-state index in [2.05, 4.69) is 25.8 Å². The average molecular weight is 273 g/mol. The highest BCUT2D eigenvalue weighted by Crippen LogP contribution is 2.30. The number of hydrogen-bond acceptors (Lipinski definition) is 5. The average Bonchev–Trinajstić information content (AvgIpc) is 3.08. The molecular weight excluding hydrogens is 262 g/mol. The summed E-state index contributed by atoms with van der Waals surface area (Å²) in [5.41, 5.74) is 1.35. The van der Waals surface area contributed by atoms with Crippen LogP contribution in [0.25, 0.3) is 11.4 Å². The van der Waals surface area contributed by atoms with Crippen molar-refractivity contribution in [3.05, 3.63) is 30.1 Å². The third-order valence-corrected chi connectivity index (χ3v) is 3.01. The highest BCUT2D eigenvalue weighted by Gasteiger charge is 2.33. The SMILES string of the molecule is COc1cc(-c2nnc[nH]2)ccc1C1NC(=O)NC1=O. The van der Waals surface area contributed by atoms with E-state index in [-0.39, 0.29) is 0 Å². The van der Waals surface area contributed by atoms with Crippen molar-refractivity contribution < 1.29 is 14.3 Å². The molecule has 0 radical (unpaired) electrons. The van der Waals surface area contributed by atoms with Gasteiger partial charge in [-0.3, -0.25) is 10.1 Å². The van der Waals surface area contributed by atoms with Crippen molar-refractivity contribution in [3.63, 3.8) is 0 Å². The first kappa shape index (κ1) is 12.2. The van der Waals surface area contributed by atoms with Gasteiger partial charge < -0.3 is 15.0 Å². The number of imide groups is 1. The van der Waals surface area contributed by atoms with E-state index in [0.29, 0.717) is 17.1 Å². The molecule has 0 aliphatic carbocycles. The molecule has 1 atom stereocenters. The van der Waals surface area contributed by atoms with Gasteiger partial charge in [-0.25, -0.2) is 4.79 Å². The van der Waals surface area contributed by atoms with Gasteiger partial charge in [0.2, 0.25) is 0 Å². The molecule has 2 heterocycles. The molecule has 1 aromatic carbocycles. The van der Waals surface area contributed by atoms with Crippen LogP contribution in [0.1, 0.15) is 11.6 Å².